The fraction of sp³-hybridized carbons (Fsp3) is 0.125. The molecule has 8 heteroatoms. The SMILES string of the molecule is CCOc1ccc2nc(N3C(=O)c4oc5ccccc5c(=O)c4[C@H]3c3cccs3)sc2c1. The summed E-state index contributed by atoms with van der Waals surface area (Å²) in [6.45, 7) is 2.50. The average Bonchev–Trinajstić information content (AvgIpc) is 3.52. The van der Waals surface area contributed by atoms with E-state index in [1.807, 2.05) is 42.6 Å². The summed E-state index contributed by atoms with van der Waals surface area (Å²) in [6.07, 6.45) is 0. The van der Waals surface area contributed by atoms with Gasteiger partial charge in [-0.1, -0.05) is 29.5 Å². The van der Waals surface area contributed by atoms with Gasteiger partial charge in [-0.05, 0) is 48.7 Å². The van der Waals surface area contributed by atoms with Gasteiger partial charge in [-0.3, -0.25) is 14.5 Å². The molecule has 1 atom stereocenters. The molecular weight excluding hydrogens is 444 g/mol. The molecule has 0 bridgehead atoms. The van der Waals surface area contributed by atoms with Crippen LogP contribution in [0.4, 0.5) is 5.13 Å². The van der Waals surface area contributed by atoms with Crippen LogP contribution in [-0.4, -0.2) is 17.5 Å². The van der Waals surface area contributed by atoms with E-state index in [9.17, 15) is 9.59 Å². The molecule has 0 spiro atoms. The minimum atomic E-state index is -0.578. The fourth-order valence-electron chi connectivity index (χ4n) is 4.09. The summed E-state index contributed by atoms with van der Waals surface area (Å²) >= 11 is 2.89. The Morgan fingerprint density at radius 1 is 1.12 bits per heavy atom. The molecule has 6 rings (SSSR count). The number of benzene rings is 2. The number of rotatable bonds is 4. The third kappa shape index (κ3) is 2.80. The number of amides is 1. The lowest BCUT2D eigenvalue weighted by molar-refractivity contribution is 0.0971. The van der Waals surface area contributed by atoms with Crippen LogP contribution in [0.15, 0.2) is 69.2 Å². The van der Waals surface area contributed by atoms with Crippen molar-refractivity contribution in [3.05, 3.63) is 86.4 Å². The number of nitrogens with zero attached hydrogens (tertiary/aromatic N) is 2. The Labute approximate surface area is 190 Å². The first-order valence-corrected chi connectivity index (χ1v) is 11.8. The molecule has 0 saturated heterocycles. The predicted molar refractivity (Wildman–Crippen MR) is 126 cm³/mol. The van der Waals surface area contributed by atoms with E-state index in [1.54, 1.807) is 29.2 Å². The quantitative estimate of drug-likeness (QED) is 0.348. The van der Waals surface area contributed by atoms with Crippen LogP contribution in [0.2, 0.25) is 0 Å². The summed E-state index contributed by atoms with van der Waals surface area (Å²) in [5.41, 5.74) is 1.36. The Morgan fingerprint density at radius 2 is 2.00 bits per heavy atom. The van der Waals surface area contributed by atoms with Crippen LogP contribution in [0, 0.1) is 0 Å². The van der Waals surface area contributed by atoms with E-state index in [0.29, 0.717) is 28.3 Å². The lowest BCUT2D eigenvalue weighted by atomic mass is 10.0. The Balaban J connectivity index is 1.58. The summed E-state index contributed by atoms with van der Waals surface area (Å²) in [4.78, 5) is 34.2. The molecule has 0 aliphatic carbocycles. The number of carbonyl (C=O) groups is 1. The van der Waals surface area contributed by atoms with Crippen LogP contribution >= 0.6 is 22.7 Å². The zero-order valence-electron chi connectivity index (χ0n) is 16.9. The van der Waals surface area contributed by atoms with Crippen LogP contribution in [0.1, 0.15) is 34.0 Å². The number of anilines is 1. The molecule has 0 unspecified atom stereocenters. The van der Waals surface area contributed by atoms with Gasteiger partial charge in [-0.15, -0.1) is 11.3 Å². The van der Waals surface area contributed by atoms with E-state index in [1.165, 1.54) is 22.7 Å². The van der Waals surface area contributed by atoms with Crippen molar-refractivity contribution in [1.82, 2.24) is 4.98 Å². The van der Waals surface area contributed by atoms with Crippen molar-refractivity contribution in [2.24, 2.45) is 0 Å². The maximum Gasteiger partial charge on any atom is 0.297 e. The molecule has 0 N–H and O–H groups in total. The Bertz CT molecular complexity index is 1550. The number of hydrogen-bond acceptors (Lipinski definition) is 7. The Kier molecular flexibility index (Phi) is 4.38. The molecule has 0 radical (unpaired) electrons. The van der Waals surface area contributed by atoms with Crippen LogP contribution in [0.5, 0.6) is 5.75 Å². The van der Waals surface area contributed by atoms with Gasteiger partial charge in [0.2, 0.25) is 5.76 Å². The standard InChI is InChI=1S/C24H16N2O4S2/c1-2-29-13-9-10-15-18(12-13)32-24(25-15)26-20(17-8-5-11-31-17)19-21(27)14-6-3-4-7-16(14)30-22(19)23(26)28/h3-12,20H,2H2,1H3/t20-/m1/s1. The van der Waals surface area contributed by atoms with Crippen molar-refractivity contribution < 1.29 is 13.9 Å². The molecule has 158 valence electrons. The summed E-state index contributed by atoms with van der Waals surface area (Å²) in [5, 5.41) is 2.92. The number of thiazole rings is 1. The summed E-state index contributed by atoms with van der Waals surface area (Å²) < 4.78 is 12.5. The molecule has 1 aliphatic heterocycles. The van der Waals surface area contributed by atoms with Gasteiger partial charge in [0, 0.05) is 4.88 Å². The van der Waals surface area contributed by atoms with Gasteiger partial charge >= 0.3 is 0 Å². The maximum atomic E-state index is 13.6. The van der Waals surface area contributed by atoms with Gasteiger partial charge in [-0.2, -0.15) is 0 Å². The minimum absolute atomic E-state index is 0.0846. The molecule has 32 heavy (non-hydrogen) atoms. The molecule has 0 fully saturated rings. The first kappa shape index (κ1) is 19.2. The monoisotopic (exact) mass is 460 g/mol. The number of aromatic nitrogens is 1. The van der Waals surface area contributed by atoms with Gasteiger partial charge in [-0.25, -0.2) is 4.98 Å². The van der Waals surface area contributed by atoms with Crippen molar-refractivity contribution >= 4 is 54.9 Å². The van der Waals surface area contributed by atoms with E-state index in [0.717, 1.165) is 20.8 Å². The first-order chi connectivity index (χ1) is 15.7. The number of hydrogen-bond donors (Lipinski definition) is 0. The van der Waals surface area contributed by atoms with Gasteiger partial charge in [0.25, 0.3) is 5.91 Å². The van der Waals surface area contributed by atoms with Crippen molar-refractivity contribution in [2.45, 2.75) is 13.0 Å². The number of fused-ring (bicyclic) bond motifs is 3. The number of carbonyl (C=O) groups excluding carboxylic acids is 1. The molecule has 2 aromatic carbocycles. The second kappa shape index (κ2) is 7.29. The minimum Gasteiger partial charge on any atom is -0.494 e. The van der Waals surface area contributed by atoms with E-state index >= 15 is 0 Å². The van der Waals surface area contributed by atoms with E-state index in [-0.39, 0.29) is 17.1 Å². The Morgan fingerprint density at radius 3 is 2.81 bits per heavy atom. The molecule has 5 aromatic rings. The van der Waals surface area contributed by atoms with Crippen molar-refractivity contribution in [3.8, 4) is 5.75 Å². The first-order valence-electron chi connectivity index (χ1n) is 10.1. The Hall–Kier alpha value is -3.49. The van der Waals surface area contributed by atoms with Gasteiger partial charge in [0.15, 0.2) is 10.6 Å². The van der Waals surface area contributed by atoms with E-state index in [2.05, 4.69) is 0 Å². The number of thiophene rings is 1. The molecule has 1 aliphatic rings. The summed E-state index contributed by atoms with van der Waals surface area (Å²) in [7, 11) is 0. The van der Waals surface area contributed by atoms with E-state index in [4.69, 9.17) is 14.1 Å². The molecule has 0 saturated carbocycles. The van der Waals surface area contributed by atoms with Gasteiger partial charge in [0.05, 0.1) is 27.8 Å². The van der Waals surface area contributed by atoms with Crippen molar-refractivity contribution in [3.63, 3.8) is 0 Å². The average molecular weight is 461 g/mol. The van der Waals surface area contributed by atoms with Crippen LogP contribution in [0.3, 0.4) is 0 Å². The lowest BCUT2D eigenvalue weighted by Crippen LogP contribution is -2.28. The smallest absolute Gasteiger partial charge is 0.297 e. The highest BCUT2D eigenvalue weighted by atomic mass is 32.1. The van der Waals surface area contributed by atoms with Crippen LogP contribution in [0.25, 0.3) is 21.2 Å². The zero-order chi connectivity index (χ0) is 21.8. The molecule has 1 amide bonds. The second-order valence-electron chi connectivity index (χ2n) is 7.32. The van der Waals surface area contributed by atoms with Crippen LogP contribution < -0.4 is 15.1 Å². The molecule has 6 nitrogen and oxygen atoms in total. The van der Waals surface area contributed by atoms with E-state index < -0.39 is 6.04 Å². The number of para-hydroxylation sites is 1. The number of ether oxygens (including phenoxy) is 1. The molecular formula is C24H16N2O4S2. The molecule has 4 heterocycles. The highest BCUT2D eigenvalue weighted by Crippen LogP contribution is 2.45. The molecule has 3 aromatic heterocycles. The highest BCUT2D eigenvalue weighted by molar-refractivity contribution is 7.22. The van der Waals surface area contributed by atoms with Gasteiger partial charge < -0.3 is 9.15 Å². The van der Waals surface area contributed by atoms with Crippen molar-refractivity contribution in [2.75, 3.05) is 11.5 Å². The third-order valence-electron chi connectivity index (χ3n) is 5.46. The lowest BCUT2D eigenvalue weighted by Gasteiger charge is -2.20. The fourth-order valence-corrected chi connectivity index (χ4v) is 5.93. The van der Waals surface area contributed by atoms with Crippen LogP contribution in [-0.2, 0) is 0 Å². The second-order valence-corrected chi connectivity index (χ2v) is 9.31. The largest absolute Gasteiger partial charge is 0.494 e. The highest BCUT2D eigenvalue weighted by Gasteiger charge is 2.45. The third-order valence-corrected chi connectivity index (χ3v) is 7.40. The topological polar surface area (TPSA) is 72.6 Å². The normalized spacial score (nSPS) is 15.6. The summed E-state index contributed by atoms with van der Waals surface area (Å²) in [6, 6.07) is 16.0. The van der Waals surface area contributed by atoms with Crippen molar-refractivity contribution in [1.29, 1.82) is 0 Å². The summed E-state index contributed by atoms with van der Waals surface area (Å²) in [5.74, 6) is 0.482. The van der Waals surface area contributed by atoms with Gasteiger partial charge in [0.1, 0.15) is 17.4 Å². The zero-order valence-corrected chi connectivity index (χ0v) is 18.5. The maximum absolute atomic E-state index is 13.6. The predicted octanol–water partition coefficient (Wildman–Crippen LogP) is 5.61.